The highest BCUT2D eigenvalue weighted by molar-refractivity contribution is 6.63. The highest BCUT2D eigenvalue weighted by atomic mass is 35.5. The summed E-state index contributed by atoms with van der Waals surface area (Å²) in [5.74, 6) is 0. The van der Waals surface area contributed by atoms with E-state index >= 15 is 0 Å². The maximum atomic E-state index is 10.3. The van der Waals surface area contributed by atoms with Crippen molar-refractivity contribution in [2.75, 3.05) is 0 Å². The number of carbonyl (C=O) groups excluding carboxylic acids is 1. The van der Waals surface area contributed by atoms with Gasteiger partial charge in [-0.2, -0.15) is 10.2 Å². The van der Waals surface area contributed by atoms with Gasteiger partial charge in [-0.25, -0.2) is 0 Å². The summed E-state index contributed by atoms with van der Waals surface area (Å²) >= 11 is 5.13. The van der Waals surface area contributed by atoms with Crippen LogP contribution in [-0.2, 0) is 4.79 Å². The quantitative estimate of drug-likeness (QED) is 0.581. The van der Waals surface area contributed by atoms with Crippen LogP contribution in [0.1, 0.15) is 26.2 Å². The standard InChI is InChI=1S/C6H9ClN2O/c1-6(8-9-6)4-2-3-5(7)10/h2-4H2,1H3. The smallest absolute Gasteiger partial charge is 0.221 e. The molecule has 0 amide bonds. The third-order valence-electron chi connectivity index (χ3n) is 1.47. The van der Waals surface area contributed by atoms with Crippen molar-refractivity contribution in [3.63, 3.8) is 0 Å². The molecule has 0 aromatic heterocycles. The first-order chi connectivity index (χ1) is 4.62. The fraction of sp³-hybridized carbons (Fsp3) is 0.833. The fourth-order valence-electron chi connectivity index (χ4n) is 0.748. The lowest BCUT2D eigenvalue weighted by molar-refractivity contribution is -0.111. The van der Waals surface area contributed by atoms with Crippen LogP contribution in [0.2, 0.25) is 0 Å². The van der Waals surface area contributed by atoms with Crippen LogP contribution in [0.15, 0.2) is 10.2 Å². The van der Waals surface area contributed by atoms with Gasteiger partial charge < -0.3 is 0 Å². The number of hydrogen-bond acceptors (Lipinski definition) is 3. The molecule has 0 spiro atoms. The van der Waals surface area contributed by atoms with E-state index in [1.807, 2.05) is 6.92 Å². The van der Waals surface area contributed by atoms with Gasteiger partial charge in [-0.3, -0.25) is 4.79 Å². The van der Waals surface area contributed by atoms with Crippen molar-refractivity contribution in [1.29, 1.82) is 0 Å². The zero-order valence-corrected chi connectivity index (χ0v) is 6.56. The minimum atomic E-state index is -0.274. The third kappa shape index (κ3) is 2.43. The first kappa shape index (κ1) is 7.66. The molecule has 0 aromatic rings. The molecule has 0 saturated carbocycles. The molecule has 0 unspecified atom stereocenters. The summed E-state index contributed by atoms with van der Waals surface area (Å²) in [4.78, 5) is 10.3. The van der Waals surface area contributed by atoms with Gasteiger partial charge in [0.25, 0.3) is 0 Å². The van der Waals surface area contributed by atoms with E-state index in [2.05, 4.69) is 10.2 Å². The van der Waals surface area contributed by atoms with E-state index in [0.717, 1.165) is 12.8 Å². The number of nitrogens with zero attached hydrogens (tertiary/aromatic N) is 2. The molecular weight excluding hydrogens is 152 g/mol. The van der Waals surface area contributed by atoms with E-state index in [0.29, 0.717) is 6.42 Å². The molecule has 4 heteroatoms. The number of hydrogen-bond donors (Lipinski definition) is 0. The average molecular weight is 161 g/mol. The maximum Gasteiger partial charge on any atom is 0.221 e. The molecule has 1 rings (SSSR count). The Bertz CT molecular complexity index is 173. The molecule has 56 valence electrons. The van der Waals surface area contributed by atoms with Gasteiger partial charge in [0.1, 0.15) is 0 Å². The Hall–Kier alpha value is -0.440. The Labute approximate surface area is 64.5 Å². The molecule has 0 fully saturated rings. The second-order valence-corrected chi connectivity index (χ2v) is 3.05. The van der Waals surface area contributed by atoms with Crippen molar-refractivity contribution in [2.45, 2.75) is 31.8 Å². The predicted molar refractivity (Wildman–Crippen MR) is 38.0 cm³/mol. The molecule has 0 aromatic carbocycles. The summed E-state index contributed by atoms with van der Waals surface area (Å²) in [6, 6.07) is 0. The minimum Gasteiger partial charge on any atom is -0.281 e. The predicted octanol–water partition coefficient (Wildman–Crippen LogP) is 2.10. The summed E-state index contributed by atoms with van der Waals surface area (Å²) < 4.78 is 0. The molecule has 1 aliphatic heterocycles. The van der Waals surface area contributed by atoms with Crippen LogP contribution in [0.4, 0.5) is 0 Å². The Kier molecular flexibility index (Phi) is 2.04. The van der Waals surface area contributed by atoms with Crippen molar-refractivity contribution in [2.24, 2.45) is 10.2 Å². The highest BCUT2D eigenvalue weighted by Crippen LogP contribution is 2.32. The minimum absolute atomic E-state index is 0.174. The SMILES string of the molecule is CC1(CCCC(=O)Cl)N=N1. The van der Waals surface area contributed by atoms with Crippen LogP contribution >= 0.6 is 11.6 Å². The first-order valence-electron chi connectivity index (χ1n) is 3.25. The van der Waals surface area contributed by atoms with E-state index in [1.165, 1.54) is 0 Å². The molecule has 0 radical (unpaired) electrons. The van der Waals surface area contributed by atoms with Gasteiger partial charge in [-0.05, 0) is 31.4 Å². The van der Waals surface area contributed by atoms with Gasteiger partial charge in [0.2, 0.25) is 5.24 Å². The van der Waals surface area contributed by atoms with Crippen LogP contribution in [0.25, 0.3) is 0 Å². The maximum absolute atomic E-state index is 10.3. The Morgan fingerprint density at radius 2 is 2.20 bits per heavy atom. The van der Waals surface area contributed by atoms with Crippen LogP contribution in [0.5, 0.6) is 0 Å². The van der Waals surface area contributed by atoms with Crippen molar-refractivity contribution in [3.8, 4) is 0 Å². The molecular formula is C6H9ClN2O. The summed E-state index contributed by atoms with van der Waals surface area (Å²) in [5.41, 5.74) is -0.174. The zero-order chi connectivity index (χ0) is 7.61. The number of rotatable bonds is 4. The molecule has 0 saturated heterocycles. The van der Waals surface area contributed by atoms with E-state index in [4.69, 9.17) is 11.6 Å². The molecule has 0 atom stereocenters. The highest BCUT2D eigenvalue weighted by Gasteiger charge is 2.32. The van der Waals surface area contributed by atoms with Gasteiger partial charge in [0.05, 0.1) is 0 Å². The summed E-state index contributed by atoms with van der Waals surface area (Å²) in [6.45, 7) is 1.94. The Balaban J connectivity index is 2.01. The lowest BCUT2D eigenvalue weighted by atomic mass is 10.1. The second kappa shape index (κ2) is 2.66. The van der Waals surface area contributed by atoms with Gasteiger partial charge >= 0.3 is 0 Å². The largest absolute Gasteiger partial charge is 0.281 e. The van der Waals surface area contributed by atoms with Gasteiger partial charge in [0, 0.05) is 6.42 Å². The molecule has 0 N–H and O–H groups in total. The van der Waals surface area contributed by atoms with Gasteiger partial charge in [-0.15, -0.1) is 0 Å². The summed E-state index contributed by atoms with van der Waals surface area (Å²) in [7, 11) is 0. The van der Waals surface area contributed by atoms with Crippen molar-refractivity contribution >= 4 is 16.8 Å². The second-order valence-electron chi connectivity index (χ2n) is 2.63. The molecule has 0 aliphatic carbocycles. The zero-order valence-electron chi connectivity index (χ0n) is 5.80. The van der Waals surface area contributed by atoms with E-state index < -0.39 is 0 Å². The molecule has 10 heavy (non-hydrogen) atoms. The molecule has 1 aliphatic rings. The fourth-order valence-corrected chi connectivity index (χ4v) is 0.881. The topological polar surface area (TPSA) is 41.8 Å². The van der Waals surface area contributed by atoms with Crippen LogP contribution in [-0.4, -0.2) is 10.9 Å². The van der Waals surface area contributed by atoms with Gasteiger partial charge in [0.15, 0.2) is 5.66 Å². The average Bonchev–Trinajstić information content (AvgIpc) is 2.47. The Morgan fingerprint density at radius 3 is 2.60 bits per heavy atom. The van der Waals surface area contributed by atoms with Crippen LogP contribution in [0.3, 0.4) is 0 Å². The summed E-state index contributed by atoms with van der Waals surface area (Å²) in [5, 5.41) is 7.33. The normalized spacial score (nSPS) is 19.0. The van der Waals surface area contributed by atoms with E-state index in [1.54, 1.807) is 0 Å². The third-order valence-corrected chi connectivity index (χ3v) is 1.65. The van der Waals surface area contributed by atoms with Crippen molar-refractivity contribution in [1.82, 2.24) is 0 Å². The van der Waals surface area contributed by atoms with Crippen LogP contribution in [0, 0.1) is 0 Å². The Morgan fingerprint density at radius 1 is 1.60 bits per heavy atom. The van der Waals surface area contributed by atoms with Crippen LogP contribution < -0.4 is 0 Å². The first-order valence-corrected chi connectivity index (χ1v) is 3.63. The number of carbonyl (C=O) groups is 1. The number of halogens is 1. The van der Waals surface area contributed by atoms with E-state index in [-0.39, 0.29) is 10.9 Å². The monoisotopic (exact) mass is 160 g/mol. The van der Waals surface area contributed by atoms with Crippen molar-refractivity contribution < 1.29 is 4.79 Å². The molecule has 3 nitrogen and oxygen atoms in total. The molecule has 0 bridgehead atoms. The van der Waals surface area contributed by atoms with E-state index in [9.17, 15) is 4.79 Å². The van der Waals surface area contributed by atoms with Crippen molar-refractivity contribution in [3.05, 3.63) is 0 Å². The summed E-state index contributed by atoms with van der Waals surface area (Å²) in [6.07, 6.45) is 2.06. The lowest BCUT2D eigenvalue weighted by Crippen LogP contribution is -2.03. The lowest BCUT2D eigenvalue weighted by Gasteiger charge is -1.99. The molecule has 1 heterocycles. The van der Waals surface area contributed by atoms with Gasteiger partial charge in [-0.1, -0.05) is 0 Å².